The van der Waals surface area contributed by atoms with E-state index >= 15 is 0 Å². The molecule has 0 saturated heterocycles. The van der Waals surface area contributed by atoms with Crippen molar-refractivity contribution in [3.63, 3.8) is 0 Å². The van der Waals surface area contributed by atoms with E-state index in [-0.39, 0.29) is 18.1 Å². The van der Waals surface area contributed by atoms with Crippen LogP contribution in [0.25, 0.3) is 0 Å². The van der Waals surface area contributed by atoms with E-state index in [9.17, 15) is 9.59 Å². The summed E-state index contributed by atoms with van der Waals surface area (Å²) in [6.07, 6.45) is 1.07. The van der Waals surface area contributed by atoms with Gasteiger partial charge in [-0.2, -0.15) is 0 Å². The molecule has 2 rings (SSSR count). The Balaban J connectivity index is 1.93. The van der Waals surface area contributed by atoms with Crippen LogP contribution in [0.2, 0.25) is 0 Å². The molecule has 24 heavy (non-hydrogen) atoms. The molecule has 0 aromatic heterocycles. The number of rotatable bonds is 7. The molecule has 0 aliphatic heterocycles. The van der Waals surface area contributed by atoms with Crippen LogP contribution in [0, 0.1) is 0 Å². The van der Waals surface area contributed by atoms with Gasteiger partial charge in [0, 0.05) is 5.69 Å². The highest BCUT2D eigenvalue weighted by Crippen LogP contribution is 2.21. The molecule has 0 spiro atoms. The van der Waals surface area contributed by atoms with Crippen LogP contribution in [0.1, 0.15) is 42.1 Å². The molecule has 2 aromatic carbocycles. The lowest BCUT2D eigenvalue weighted by Gasteiger charge is -2.11. The second-order valence-corrected chi connectivity index (χ2v) is 5.63. The average Bonchev–Trinajstić information content (AvgIpc) is 2.60. The Kier molecular flexibility index (Phi) is 5.95. The number of amides is 2. The molecule has 1 atom stereocenters. The summed E-state index contributed by atoms with van der Waals surface area (Å²) >= 11 is 0. The Morgan fingerprint density at radius 2 is 1.79 bits per heavy atom. The van der Waals surface area contributed by atoms with Gasteiger partial charge in [-0.3, -0.25) is 9.59 Å². The van der Waals surface area contributed by atoms with Gasteiger partial charge in [0.25, 0.3) is 11.8 Å². The minimum absolute atomic E-state index is 0.197. The SMILES string of the molecule is CC[C@@H](C)c1ccc(NC(=O)COc2ccccc2C(N)=O)cc1. The number of hydrogen-bond acceptors (Lipinski definition) is 3. The van der Waals surface area contributed by atoms with Gasteiger partial charge in [-0.05, 0) is 42.2 Å². The van der Waals surface area contributed by atoms with Crippen LogP contribution in [0.15, 0.2) is 48.5 Å². The maximum atomic E-state index is 12.0. The van der Waals surface area contributed by atoms with Crippen LogP contribution in [-0.2, 0) is 4.79 Å². The number of carbonyl (C=O) groups excluding carboxylic acids is 2. The van der Waals surface area contributed by atoms with Crippen molar-refractivity contribution < 1.29 is 14.3 Å². The third kappa shape index (κ3) is 4.59. The van der Waals surface area contributed by atoms with Crippen molar-refractivity contribution in [3.05, 3.63) is 59.7 Å². The highest BCUT2D eigenvalue weighted by atomic mass is 16.5. The highest BCUT2D eigenvalue weighted by Gasteiger charge is 2.10. The molecule has 2 aromatic rings. The molecule has 0 unspecified atom stereocenters. The van der Waals surface area contributed by atoms with Gasteiger partial charge in [-0.1, -0.05) is 38.1 Å². The zero-order valence-corrected chi connectivity index (χ0v) is 13.9. The lowest BCUT2D eigenvalue weighted by molar-refractivity contribution is -0.118. The largest absolute Gasteiger partial charge is 0.483 e. The molecule has 0 bridgehead atoms. The van der Waals surface area contributed by atoms with Crippen LogP contribution < -0.4 is 15.8 Å². The fraction of sp³-hybridized carbons (Fsp3) is 0.263. The van der Waals surface area contributed by atoms with Crippen molar-refractivity contribution in [1.29, 1.82) is 0 Å². The third-order valence-electron chi connectivity index (χ3n) is 3.89. The molecule has 3 N–H and O–H groups in total. The van der Waals surface area contributed by atoms with Gasteiger partial charge in [0.1, 0.15) is 5.75 Å². The number of benzene rings is 2. The van der Waals surface area contributed by atoms with E-state index in [4.69, 9.17) is 10.5 Å². The van der Waals surface area contributed by atoms with Crippen LogP contribution in [-0.4, -0.2) is 18.4 Å². The minimum atomic E-state index is -0.591. The van der Waals surface area contributed by atoms with E-state index in [1.54, 1.807) is 24.3 Å². The van der Waals surface area contributed by atoms with E-state index in [1.807, 2.05) is 24.3 Å². The van der Waals surface area contributed by atoms with Crippen LogP contribution >= 0.6 is 0 Å². The molecule has 0 radical (unpaired) electrons. The first-order chi connectivity index (χ1) is 11.5. The van der Waals surface area contributed by atoms with Gasteiger partial charge in [-0.15, -0.1) is 0 Å². The number of nitrogens with one attached hydrogen (secondary N) is 1. The summed E-state index contributed by atoms with van der Waals surface area (Å²) in [4.78, 5) is 23.3. The predicted molar refractivity (Wildman–Crippen MR) is 94.2 cm³/mol. The Bertz CT molecular complexity index is 711. The van der Waals surface area contributed by atoms with Crippen LogP contribution in [0.4, 0.5) is 5.69 Å². The third-order valence-corrected chi connectivity index (χ3v) is 3.89. The number of para-hydroxylation sites is 1. The lowest BCUT2D eigenvalue weighted by atomic mass is 9.99. The molecule has 2 amide bonds. The number of nitrogens with two attached hydrogens (primary N) is 1. The fourth-order valence-electron chi connectivity index (χ4n) is 2.27. The van der Waals surface area contributed by atoms with Crippen molar-refractivity contribution in [2.24, 2.45) is 5.73 Å². The van der Waals surface area contributed by atoms with Gasteiger partial charge >= 0.3 is 0 Å². The predicted octanol–water partition coefficient (Wildman–Crippen LogP) is 3.32. The molecule has 5 nitrogen and oxygen atoms in total. The Morgan fingerprint density at radius 3 is 2.42 bits per heavy atom. The Labute approximate surface area is 141 Å². The molecule has 126 valence electrons. The molecular formula is C19H22N2O3. The summed E-state index contributed by atoms with van der Waals surface area (Å²) in [6, 6.07) is 14.3. The van der Waals surface area contributed by atoms with E-state index in [0.29, 0.717) is 17.4 Å². The van der Waals surface area contributed by atoms with Gasteiger partial charge in [0.05, 0.1) is 5.56 Å². The first-order valence-electron chi connectivity index (χ1n) is 7.92. The maximum Gasteiger partial charge on any atom is 0.262 e. The first-order valence-corrected chi connectivity index (χ1v) is 7.92. The molecule has 5 heteroatoms. The zero-order valence-electron chi connectivity index (χ0n) is 13.9. The van der Waals surface area contributed by atoms with Crippen molar-refractivity contribution in [1.82, 2.24) is 0 Å². The standard InChI is InChI=1S/C19H22N2O3/c1-3-13(2)14-8-10-15(11-9-14)21-18(22)12-24-17-7-5-4-6-16(17)19(20)23/h4-11,13H,3,12H2,1-2H3,(H2,20,23)(H,21,22)/t13-/m1/s1. The topological polar surface area (TPSA) is 81.4 Å². The maximum absolute atomic E-state index is 12.0. The second-order valence-electron chi connectivity index (χ2n) is 5.63. The van der Waals surface area contributed by atoms with E-state index < -0.39 is 5.91 Å². The smallest absolute Gasteiger partial charge is 0.262 e. The van der Waals surface area contributed by atoms with E-state index in [2.05, 4.69) is 19.2 Å². The fourth-order valence-corrected chi connectivity index (χ4v) is 2.27. The Hall–Kier alpha value is -2.82. The van der Waals surface area contributed by atoms with E-state index in [1.165, 1.54) is 5.56 Å². The number of hydrogen-bond donors (Lipinski definition) is 2. The molecule has 0 heterocycles. The number of carbonyl (C=O) groups is 2. The first kappa shape index (κ1) is 17.5. The number of primary amides is 1. The summed E-state index contributed by atoms with van der Waals surface area (Å²) in [5.74, 6) is -0.104. The van der Waals surface area contributed by atoms with Crippen LogP contribution in [0.5, 0.6) is 5.75 Å². The summed E-state index contributed by atoms with van der Waals surface area (Å²) in [6.45, 7) is 4.11. The van der Waals surface area contributed by atoms with Gasteiger partial charge in [-0.25, -0.2) is 0 Å². The van der Waals surface area contributed by atoms with Crippen molar-refractivity contribution >= 4 is 17.5 Å². The summed E-state index contributed by atoms with van der Waals surface area (Å²) in [5, 5.41) is 2.76. The Morgan fingerprint density at radius 1 is 1.12 bits per heavy atom. The molecule has 0 aliphatic rings. The lowest BCUT2D eigenvalue weighted by Crippen LogP contribution is -2.21. The normalized spacial score (nSPS) is 11.6. The summed E-state index contributed by atoms with van der Waals surface area (Å²) < 4.78 is 5.40. The van der Waals surface area contributed by atoms with Crippen molar-refractivity contribution in [3.8, 4) is 5.75 Å². The summed E-state index contributed by atoms with van der Waals surface area (Å²) in [7, 11) is 0. The zero-order chi connectivity index (χ0) is 17.5. The molecule has 0 fully saturated rings. The number of ether oxygens (including phenoxy) is 1. The van der Waals surface area contributed by atoms with Gasteiger partial charge in [0.15, 0.2) is 6.61 Å². The van der Waals surface area contributed by atoms with Gasteiger partial charge in [0.2, 0.25) is 0 Å². The van der Waals surface area contributed by atoms with Crippen LogP contribution in [0.3, 0.4) is 0 Å². The average molecular weight is 326 g/mol. The van der Waals surface area contributed by atoms with Crippen molar-refractivity contribution in [2.75, 3.05) is 11.9 Å². The molecule has 0 saturated carbocycles. The number of anilines is 1. The van der Waals surface area contributed by atoms with E-state index in [0.717, 1.165) is 6.42 Å². The monoisotopic (exact) mass is 326 g/mol. The second kappa shape index (κ2) is 8.15. The highest BCUT2D eigenvalue weighted by molar-refractivity contribution is 5.96. The summed E-state index contributed by atoms with van der Waals surface area (Å²) in [5.41, 5.74) is 7.47. The van der Waals surface area contributed by atoms with Crippen molar-refractivity contribution in [2.45, 2.75) is 26.2 Å². The molecule has 0 aliphatic carbocycles. The van der Waals surface area contributed by atoms with Gasteiger partial charge < -0.3 is 15.8 Å². The minimum Gasteiger partial charge on any atom is -0.483 e. The molecular weight excluding hydrogens is 304 g/mol. The quantitative estimate of drug-likeness (QED) is 0.819.